The van der Waals surface area contributed by atoms with Gasteiger partial charge in [0, 0.05) is 16.2 Å². The number of esters is 4. The van der Waals surface area contributed by atoms with Crippen molar-refractivity contribution in [2.45, 2.75) is 104 Å². The smallest absolute Gasteiger partial charge is 0.351 e. The van der Waals surface area contributed by atoms with Crippen LogP contribution in [0.2, 0.25) is 0 Å². The lowest BCUT2D eigenvalue weighted by atomic mass is 9.66. The van der Waals surface area contributed by atoms with Crippen molar-refractivity contribution in [2.24, 2.45) is 27.1 Å². The van der Waals surface area contributed by atoms with E-state index in [-0.39, 0.29) is 18.5 Å². The molecule has 0 spiro atoms. The summed E-state index contributed by atoms with van der Waals surface area (Å²) >= 11 is 0. The second kappa shape index (κ2) is 7.95. The Hall–Kier alpha value is -2.64. The highest BCUT2D eigenvalue weighted by atomic mass is 16.6. The van der Waals surface area contributed by atoms with Gasteiger partial charge in [-0.15, -0.1) is 6.58 Å². The molecule has 2 saturated heterocycles. The first-order chi connectivity index (χ1) is 17.6. The van der Waals surface area contributed by atoms with E-state index in [0.29, 0.717) is 44.9 Å². The summed E-state index contributed by atoms with van der Waals surface area (Å²) in [5.74, 6) is -1.68. The Morgan fingerprint density at radius 2 is 1.42 bits per heavy atom. The largest absolute Gasteiger partial charge is 0.462 e. The van der Waals surface area contributed by atoms with Gasteiger partial charge < -0.3 is 18.9 Å². The molecule has 4 bridgehead atoms. The zero-order chi connectivity index (χ0) is 28.0. The van der Waals surface area contributed by atoms with E-state index in [1.165, 1.54) is 0 Å². The zero-order valence-electron chi connectivity index (χ0n) is 23.4. The molecule has 38 heavy (non-hydrogen) atoms. The molecule has 208 valence electrons. The van der Waals surface area contributed by atoms with Gasteiger partial charge in [-0.2, -0.15) is 0 Å². The fraction of sp³-hybridized carbons (Fsp3) is 0.733. The van der Waals surface area contributed by atoms with Crippen molar-refractivity contribution < 1.29 is 38.1 Å². The van der Waals surface area contributed by atoms with Crippen molar-refractivity contribution in [1.29, 1.82) is 0 Å². The van der Waals surface area contributed by atoms with Gasteiger partial charge >= 0.3 is 23.9 Å². The summed E-state index contributed by atoms with van der Waals surface area (Å²) in [5.41, 5.74) is -5.78. The summed E-state index contributed by atoms with van der Waals surface area (Å²) in [4.78, 5) is 51.9. The summed E-state index contributed by atoms with van der Waals surface area (Å²) in [5, 5.41) is 0. The molecule has 0 N–H and O–H groups in total. The minimum atomic E-state index is -1.27. The normalized spacial score (nSPS) is 43.5. The fourth-order valence-corrected chi connectivity index (χ4v) is 7.62. The molecule has 2 saturated carbocycles. The van der Waals surface area contributed by atoms with E-state index >= 15 is 0 Å². The van der Waals surface area contributed by atoms with E-state index in [2.05, 4.69) is 6.58 Å². The number of hydrogen-bond donors (Lipinski definition) is 0. The van der Waals surface area contributed by atoms with Crippen molar-refractivity contribution in [2.75, 3.05) is 6.61 Å². The van der Waals surface area contributed by atoms with Gasteiger partial charge in [0.2, 0.25) is 11.2 Å². The molecule has 5 rings (SSSR count). The minimum absolute atomic E-state index is 0.105. The molecule has 6 atom stereocenters. The van der Waals surface area contributed by atoms with Gasteiger partial charge in [0.15, 0.2) is 0 Å². The van der Waals surface area contributed by atoms with Gasteiger partial charge in [0.1, 0.15) is 12.7 Å². The molecule has 8 nitrogen and oxygen atoms in total. The molecule has 0 aromatic heterocycles. The molecule has 2 aliphatic heterocycles. The van der Waals surface area contributed by atoms with Crippen molar-refractivity contribution in [1.82, 2.24) is 0 Å². The first-order valence-corrected chi connectivity index (χ1v) is 13.7. The summed E-state index contributed by atoms with van der Waals surface area (Å²) < 4.78 is 23.1. The van der Waals surface area contributed by atoms with Crippen LogP contribution in [0.15, 0.2) is 24.8 Å². The number of ether oxygens (including phenoxy) is 4. The van der Waals surface area contributed by atoms with E-state index in [1.54, 1.807) is 6.08 Å². The maximum atomic E-state index is 13.4. The van der Waals surface area contributed by atoms with E-state index in [1.807, 2.05) is 53.7 Å². The minimum Gasteiger partial charge on any atom is -0.462 e. The molecule has 8 heteroatoms. The molecule has 4 fully saturated rings. The first kappa shape index (κ1) is 26.9. The Bertz CT molecular complexity index is 1150. The maximum Gasteiger partial charge on any atom is 0.351 e. The predicted molar refractivity (Wildman–Crippen MR) is 136 cm³/mol. The van der Waals surface area contributed by atoms with Crippen LogP contribution in [0, 0.1) is 27.1 Å². The third kappa shape index (κ3) is 3.03. The molecule has 0 amide bonds. The molecule has 0 aromatic rings. The van der Waals surface area contributed by atoms with Gasteiger partial charge in [-0.05, 0) is 64.9 Å². The van der Waals surface area contributed by atoms with Crippen LogP contribution in [0.25, 0.3) is 0 Å². The second-order valence-corrected chi connectivity index (χ2v) is 13.6. The van der Waals surface area contributed by atoms with Crippen molar-refractivity contribution >= 4 is 23.9 Å². The number of carbonyl (C=O) groups excluding carboxylic acids is 4. The summed E-state index contributed by atoms with van der Waals surface area (Å²) in [7, 11) is 0. The number of carbonyl (C=O) groups is 4. The number of rotatable bonds is 7. The summed E-state index contributed by atoms with van der Waals surface area (Å²) in [6.45, 7) is 15.3. The van der Waals surface area contributed by atoms with Gasteiger partial charge in [-0.25, -0.2) is 9.59 Å². The van der Waals surface area contributed by atoms with Gasteiger partial charge in [0.25, 0.3) is 0 Å². The van der Waals surface area contributed by atoms with Crippen molar-refractivity contribution in [3.05, 3.63) is 24.8 Å². The molecular formula is C30H40O8. The zero-order valence-corrected chi connectivity index (χ0v) is 23.4. The first-order valence-electron chi connectivity index (χ1n) is 13.7. The van der Waals surface area contributed by atoms with Crippen LogP contribution in [-0.4, -0.2) is 47.8 Å². The summed E-state index contributed by atoms with van der Waals surface area (Å²) in [6.07, 6.45) is 8.86. The van der Waals surface area contributed by atoms with Crippen LogP contribution < -0.4 is 0 Å². The molecular weight excluding hydrogens is 488 g/mol. The van der Waals surface area contributed by atoms with Crippen LogP contribution in [0.5, 0.6) is 0 Å². The van der Waals surface area contributed by atoms with Crippen LogP contribution in [0.3, 0.4) is 0 Å². The summed E-state index contributed by atoms with van der Waals surface area (Å²) in [6, 6.07) is 0. The number of hydrogen-bond acceptors (Lipinski definition) is 8. The van der Waals surface area contributed by atoms with Crippen molar-refractivity contribution in [3.63, 3.8) is 0 Å². The van der Waals surface area contributed by atoms with Gasteiger partial charge in [-0.1, -0.05) is 39.8 Å². The Labute approximate surface area is 224 Å². The van der Waals surface area contributed by atoms with Crippen molar-refractivity contribution in [3.8, 4) is 0 Å². The number of fused-ring (bicyclic) bond motifs is 4. The Balaban J connectivity index is 1.27. The average molecular weight is 529 g/mol. The predicted octanol–water partition coefficient (Wildman–Crippen LogP) is 4.60. The maximum absolute atomic E-state index is 13.4. The highest BCUT2D eigenvalue weighted by molar-refractivity contribution is 5.94. The second-order valence-electron chi connectivity index (χ2n) is 13.6. The molecule has 2 heterocycles. The van der Waals surface area contributed by atoms with Crippen LogP contribution >= 0.6 is 0 Å². The van der Waals surface area contributed by atoms with Crippen LogP contribution in [0.1, 0.15) is 86.5 Å². The lowest BCUT2D eigenvalue weighted by Gasteiger charge is -2.39. The Morgan fingerprint density at radius 1 is 0.895 bits per heavy atom. The fourth-order valence-electron chi connectivity index (χ4n) is 7.62. The highest BCUT2D eigenvalue weighted by Gasteiger charge is 2.77. The third-order valence-corrected chi connectivity index (χ3v) is 11.7. The lowest BCUT2D eigenvalue weighted by Crippen LogP contribution is -2.50. The van der Waals surface area contributed by atoms with E-state index in [0.717, 1.165) is 0 Å². The topological polar surface area (TPSA) is 105 Å². The molecule has 3 aliphatic carbocycles. The molecule has 0 aromatic carbocycles. The van der Waals surface area contributed by atoms with Gasteiger partial charge in [0.05, 0.1) is 10.8 Å². The average Bonchev–Trinajstić information content (AvgIpc) is 3.32. The van der Waals surface area contributed by atoms with Crippen LogP contribution in [0.4, 0.5) is 0 Å². The molecule has 5 aliphatic rings. The quantitative estimate of drug-likeness (QED) is 0.268. The standard InChI is InChI=1S/C30H40O8/c1-8-11-28(18-35-22(33)29-16-14-26(6,20(31)37-29)24(29,2)3)12-9-19(10-13-28)36-23(34)30-17-15-27(7,21(32)38-30)25(30,4)5/h8-9,12,19H,1,10-11,13-18H2,2-7H3/t19-,26-,27-,28-,29+,30+/m0/s1. The molecule has 0 radical (unpaired) electrons. The van der Waals surface area contributed by atoms with Crippen LogP contribution in [-0.2, 0) is 38.1 Å². The lowest BCUT2D eigenvalue weighted by molar-refractivity contribution is -0.187. The molecule has 0 unspecified atom stereocenters. The van der Waals surface area contributed by atoms with Gasteiger partial charge in [-0.3, -0.25) is 9.59 Å². The number of allylic oxidation sites excluding steroid dienone is 1. The Kier molecular flexibility index (Phi) is 5.64. The third-order valence-electron chi connectivity index (χ3n) is 11.7. The van der Waals surface area contributed by atoms with E-state index < -0.39 is 56.3 Å². The monoisotopic (exact) mass is 528 g/mol. The van der Waals surface area contributed by atoms with E-state index in [9.17, 15) is 19.2 Å². The Morgan fingerprint density at radius 3 is 1.82 bits per heavy atom. The van der Waals surface area contributed by atoms with E-state index in [4.69, 9.17) is 18.9 Å². The SMILES string of the molecule is C=CC[C@]1(COC(=O)[C@@]23CC[C@@](C)(C(=O)O2)C3(C)C)C=C[C@H](OC(=O)[C@@]23CC[C@@](C)(C(=O)O2)C3(C)C)CC1. The highest BCUT2D eigenvalue weighted by Crippen LogP contribution is 2.67.